The van der Waals surface area contributed by atoms with Gasteiger partial charge in [-0.05, 0) is 54.5 Å². The van der Waals surface area contributed by atoms with Crippen LogP contribution in [0.2, 0.25) is 0 Å². The van der Waals surface area contributed by atoms with Crippen LogP contribution < -0.4 is 10.9 Å². The topological polar surface area (TPSA) is 77.8 Å². The number of amides is 1. The van der Waals surface area contributed by atoms with E-state index in [0.29, 0.717) is 16.5 Å². The van der Waals surface area contributed by atoms with Gasteiger partial charge in [-0.1, -0.05) is 19.1 Å². The van der Waals surface area contributed by atoms with Gasteiger partial charge in [0.25, 0.3) is 11.5 Å². The number of H-pyrrole nitrogens is 2. The number of carbonyl (C=O) groups is 1. The van der Waals surface area contributed by atoms with Crippen LogP contribution in [0.4, 0.5) is 5.69 Å². The number of benzene rings is 2. The number of aromatic nitrogens is 2. The van der Waals surface area contributed by atoms with Crippen LogP contribution in [0.5, 0.6) is 0 Å². The number of rotatable bonds is 3. The summed E-state index contributed by atoms with van der Waals surface area (Å²) in [5, 5.41) is 3.30. The standard InChI is InChI=1S/C17H15N3O2S/c1-2-10-3-6-12(7-4-10)18-15(21)11-5-8-13-14(9-11)19-17(23)20-16(13)22/h3-9H,2H2,1H3,(H,18,21)(H2,19,20,22,23). The third-order valence-corrected chi connectivity index (χ3v) is 3.83. The lowest BCUT2D eigenvalue weighted by Crippen LogP contribution is -2.13. The highest BCUT2D eigenvalue weighted by Gasteiger charge is 2.08. The molecule has 1 amide bonds. The van der Waals surface area contributed by atoms with Gasteiger partial charge < -0.3 is 10.3 Å². The van der Waals surface area contributed by atoms with E-state index in [9.17, 15) is 9.59 Å². The summed E-state index contributed by atoms with van der Waals surface area (Å²) in [5.41, 5.74) is 2.65. The zero-order chi connectivity index (χ0) is 16.4. The number of carbonyl (C=O) groups excluding carboxylic acids is 1. The molecule has 0 atom stereocenters. The summed E-state index contributed by atoms with van der Waals surface area (Å²) >= 11 is 4.95. The third-order valence-electron chi connectivity index (χ3n) is 3.62. The Hall–Kier alpha value is -2.73. The molecular formula is C17H15N3O2S. The predicted molar refractivity (Wildman–Crippen MR) is 93.5 cm³/mol. The Bertz CT molecular complexity index is 987. The van der Waals surface area contributed by atoms with Gasteiger partial charge in [0.15, 0.2) is 4.77 Å². The molecule has 23 heavy (non-hydrogen) atoms. The van der Waals surface area contributed by atoms with Gasteiger partial charge in [-0.2, -0.15) is 0 Å². The Morgan fingerprint density at radius 1 is 1.13 bits per heavy atom. The van der Waals surface area contributed by atoms with Crippen molar-refractivity contribution >= 4 is 34.7 Å². The van der Waals surface area contributed by atoms with Gasteiger partial charge in [0.05, 0.1) is 10.9 Å². The summed E-state index contributed by atoms with van der Waals surface area (Å²) in [5.74, 6) is -0.240. The maximum Gasteiger partial charge on any atom is 0.259 e. The van der Waals surface area contributed by atoms with E-state index in [4.69, 9.17) is 12.2 Å². The van der Waals surface area contributed by atoms with Crippen molar-refractivity contribution < 1.29 is 4.79 Å². The van der Waals surface area contributed by atoms with E-state index in [1.807, 2.05) is 24.3 Å². The molecule has 0 radical (unpaired) electrons. The second-order valence-electron chi connectivity index (χ2n) is 5.17. The highest BCUT2D eigenvalue weighted by atomic mass is 32.1. The third kappa shape index (κ3) is 3.22. The van der Waals surface area contributed by atoms with Crippen molar-refractivity contribution in [2.24, 2.45) is 0 Å². The summed E-state index contributed by atoms with van der Waals surface area (Å²) < 4.78 is 0.232. The molecule has 3 aromatic rings. The lowest BCUT2D eigenvalue weighted by Gasteiger charge is -2.07. The van der Waals surface area contributed by atoms with E-state index in [-0.39, 0.29) is 16.2 Å². The Balaban J connectivity index is 1.91. The van der Waals surface area contributed by atoms with E-state index in [1.54, 1.807) is 18.2 Å². The Morgan fingerprint density at radius 3 is 2.57 bits per heavy atom. The second kappa shape index (κ2) is 6.18. The van der Waals surface area contributed by atoms with E-state index in [1.165, 1.54) is 5.56 Å². The molecule has 2 aromatic carbocycles. The fourth-order valence-electron chi connectivity index (χ4n) is 2.34. The van der Waals surface area contributed by atoms with Crippen LogP contribution in [0, 0.1) is 4.77 Å². The van der Waals surface area contributed by atoms with Crippen molar-refractivity contribution in [1.82, 2.24) is 9.97 Å². The van der Waals surface area contributed by atoms with Crippen LogP contribution in [0.1, 0.15) is 22.8 Å². The molecule has 0 spiro atoms. The Kier molecular flexibility index (Phi) is 4.08. The molecule has 0 aliphatic rings. The summed E-state index contributed by atoms with van der Waals surface area (Å²) in [6.45, 7) is 2.08. The number of anilines is 1. The first-order valence-corrected chi connectivity index (χ1v) is 7.64. The molecular weight excluding hydrogens is 310 g/mol. The largest absolute Gasteiger partial charge is 0.332 e. The minimum absolute atomic E-state index is 0.232. The molecule has 0 saturated carbocycles. The van der Waals surface area contributed by atoms with E-state index >= 15 is 0 Å². The van der Waals surface area contributed by atoms with Crippen LogP contribution in [-0.2, 0) is 6.42 Å². The molecule has 0 bridgehead atoms. The number of aryl methyl sites for hydroxylation is 1. The van der Waals surface area contributed by atoms with Crippen LogP contribution >= 0.6 is 12.2 Å². The minimum atomic E-state index is -0.272. The molecule has 0 aliphatic carbocycles. The number of nitrogens with one attached hydrogen (secondary N) is 3. The lowest BCUT2D eigenvalue weighted by molar-refractivity contribution is 0.102. The highest BCUT2D eigenvalue weighted by Crippen LogP contribution is 2.14. The quantitative estimate of drug-likeness (QED) is 0.646. The maximum atomic E-state index is 12.3. The first-order chi connectivity index (χ1) is 11.1. The van der Waals surface area contributed by atoms with Gasteiger partial charge in [-0.25, -0.2) is 0 Å². The molecule has 0 fully saturated rings. The second-order valence-corrected chi connectivity index (χ2v) is 5.58. The first-order valence-electron chi connectivity index (χ1n) is 7.23. The molecule has 116 valence electrons. The van der Waals surface area contributed by atoms with Crippen molar-refractivity contribution in [2.75, 3.05) is 5.32 Å². The summed E-state index contributed by atoms with van der Waals surface area (Å²) in [6.07, 6.45) is 0.951. The van der Waals surface area contributed by atoms with Gasteiger partial charge in [0, 0.05) is 11.3 Å². The Morgan fingerprint density at radius 2 is 1.87 bits per heavy atom. The summed E-state index contributed by atoms with van der Waals surface area (Å²) in [4.78, 5) is 29.5. The smallest absolute Gasteiger partial charge is 0.259 e. The molecule has 0 unspecified atom stereocenters. The number of hydrogen-bond donors (Lipinski definition) is 3. The summed E-state index contributed by atoms with van der Waals surface area (Å²) in [6, 6.07) is 12.5. The molecule has 3 rings (SSSR count). The first kappa shape index (κ1) is 15.2. The molecule has 0 aliphatic heterocycles. The van der Waals surface area contributed by atoms with Crippen molar-refractivity contribution in [3.05, 3.63) is 68.7 Å². The van der Waals surface area contributed by atoms with Gasteiger partial charge in [0.2, 0.25) is 0 Å². The van der Waals surface area contributed by atoms with Crippen molar-refractivity contribution in [3.8, 4) is 0 Å². The molecule has 1 aromatic heterocycles. The van der Waals surface area contributed by atoms with E-state index in [2.05, 4.69) is 22.2 Å². The minimum Gasteiger partial charge on any atom is -0.332 e. The van der Waals surface area contributed by atoms with Gasteiger partial charge in [-0.15, -0.1) is 0 Å². The molecule has 1 heterocycles. The van der Waals surface area contributed by atoms with Crippen LogP contribution in [0.25, 0.3) is 10.9 Å². The monoisotopic (exact) mass is 325 g/mol. The zero-order valence-electron chi connectivity index (χ0n) is 12.5. The van der Waals surface area contributed by atoms with Crippen molar-refractivity contribution in [1.29, 1.82) is 0 Å². The molecule has 5 nitrogen and oxygen atoms in total. The van der Waals surface area contributed by atoms with Gasteiger partial charge >= 0.3 is 0 Å². The zero-order valence-corrected chi connectivity index (χ0v) is 13.3. The van der Waals surface area contributed by atoms with Crippen molar-refractivity contribution in [3.63, 3.8) is 0 Å². The maximum absolute atomic E-state index is 12.3. The number of hydrogen-bond acceptors (Lipinski definition) is 3. The van der Waals surface area contributed by atoms with E-state index in [0.717, 1.165) is 12.1 Å². The average Bonchev–Trinajstić information content (AvgIpc) is 2.54. The fraction of sp³-hybridized carbons (Fsp3) is 0.118. The average molecular weight is 325 g/mol. The number of aromatic amines is 2. The lowest BCUT2D eigenvalue weighted by atomic mass is 10.1. The predicted octanol–water partition coefficient (Wildman–Crippen LogP) is 3.40. The van der Waals surface area contributed by atoms with Crippen molar-refractivity contribution in [2.45, 2.75) is 13.3 Å². The van der Waals surface area contributed by atoms with Gasteiger partial charge in [0.1, 0.15) is 0 Å². The van der Waals surface area contributed by atoms with Crippen LogP contribution in [0.15, 0.2) is 47.3 Å². The molecule has 6 heteroatoms. The molecule has 3 N–H and O–H groups in total. The highest BCUT2D eigenvalue weighted by molar-refractivity contribution is 7.71. The summed E-state index contributed by atoms with van der Waals surface area (Å²) in [7, 11) is 0. The molecule has 0 saturated heterocycles. The van der Waals surface area contributed by atoms with E-state index < -0.39 is 0 Å². The Labute approximate surface area is 137 Å². The van der Waals surface area contributed by atoms with Crippen LogP contribution in [0.3, 0.4) is 0 Å². The normalized spacial score (nSPS) is 10.7. The fourth-order valence-corrected chi connectivity index (χ4v) is 2.54. The van der Waals surface area contributed by atoms with Crippen LogP contribution in [-0.4, -0.2) is 15.9 Å². The number of fused-ring (bicyclic) bond motifs is 1. The SMILES string of the molecule is CCc1ccc(NC(=O)c2ccc3c(=O)[nH]c(=S)[nH]c3c2)cc1. The van der Waals surface area contributed by atoms with Gasteiger partial charge in [-0.3, -0.25) is 14.6 Å².